The molecule has 0 radical (unpaired) electrons. The van der Waals surface area contributed by atoms with Gasteiger partial charge >= 0.3 is 0 Å². The van der Waals surface area contributed by atoms with Crippen LogP contribution in [0.4, 0.5) is 0 Å². The van der Waals surface area contributed by atoms with Crippen LogP contribution in [0, 0.1) is 5.92 Å². The molecule has 0 aromatic rings. The molecule has 0 aliphatic heterocycles. The lowest BCUT2D eigenvalue weighted by Gasteiger charge is -2.17. The van der Waals surface area contributed by atoms with Crippen LogP contribution in [-0.2, 0) is 0 Å². The molecule has 0 aromatic carbocycles. The molecule has 13 heavy (non-hydrogen) atoms. The van der Waals surface area contributed by atoms with Crippen LogP contribution < -0.4 is 5.32 Å². The highest BCUT2D eigenvalue weighted by molar-refractivity contribution is 4.65. The van der Waals surface area contributed by atoms with Gasteiger partial charge in [-0.15, -0.1) is 0 Å². The van der Waals surface area contributed by atoms with Crippen LogP contribution >= 0.6 is 0 Å². The maximum Gasteiger partial charge on any atom is 0.00640 e. The summed E-state index contributed by atoms with van der Waals surface area (Å²) in [5.41, 5.74) is 0. The van der Waals surface area contributed by atoms with Gasteiger partial charge in [0.1, 0.15) is 0 Å². The Balaban J connectivity index is 3.46. The molecule has 1 heteroatoms. The second kappa shape index (κ2) is 8.55. The van der Waals surface area contributed by atoms with Crippen molar-refractivity contribution >= 4 is 0 Å². The maximum absolute atomic E-state index is 3.40. The van der Waals surface area contributed by atoms with Crippen LogP contribution in [-0.4, -0.2) is 13.1 Å². The van der Waals surface area contributed by atoms with E-state index in [9.17, 15) is 0 Å². The van der Waals surface area contributed by atoms with Crippen LogP contribution in [0.1, 0.15) is 59.3 Å². The number of hydrogen-bond acceptors (Lipinski definition) is 1. The predicted octanol–water partition coefficient (Wildman–Crippen LogP) is 3.59. The van der Waals surface area contributed by atoms with Crippen molar-refractivity contribution in [1.82, 2.24) is 5.32 Å². The van der Waals surface area contributed by atoms with Gasteiger partial charge in [-0.25, -0.2) is 0 Å². The summed E-state index contributed by atoms with van der Waals surface area (Å²) in [7, 11) is 2.09. The summed E-state index contributed by atoms with van der Waals surface area (Å²) in [5, 5.41) is 3.40. The van der Waals surface area contributed by atoms with E-state index < -0.39 is 0 Å². The molecule has 0 saturated heterocycles. The average molecular weight is 185 g/mol. The first-order valence-corrected chi connectivity index (χ1v) is 5.91. The van der Waals surface area contributed by atoms with Crippen molar-refractivity contribution in [3.8, 4) is 0 Å². The molecule has 0 fully saturated rings. The largest absolute Gasteiger partial charge is 0.317 e. The summed E-state index contributed by atoms with van der Waals surface area (Å²) < 4.78 is 0. The monoisotopic (exact) mass is 185 g/mol. The predicted molar refractivity (Wildman–Crippen MR) is 61.1 cm³/mol. The lowest BCUT2D eigenvalue weighted by atomic mass is 9.96. The second-order valence-electron chi connectivity index (χ2n) is 4.25. The molecule has 0 aliphatic rings. The molecular formula is C12H27N. The zero-order valence-electron chi connectivity index (χ0n) is 9.90. The fourth-order valence-electron chi connectivity index (χ4n) is 1.90. The van der Waals surface area contributed by atoms with Crippen LogP contribution in [0.3, 0.4) is 0 Å². The van der Waals surface area contributed by atoms with Crippen molar-refractivity contribution in [1.29, 1.82) is 0 Å². The fraction of sp³-hybridized carbons (Fsp3) is 1.00. The minimum absolute atomic E-state index is 0.754. The van der Waals surface area contributed by atoms with Crippen molar-refractivity contribution < 1.29 is 0 Å². The summed E-state index contributed by atoms with van der Waals surface area (Å²) in [5.74, 6) is 0.915. The molecule has 2 unspecified atom stereocenters. The first-order valence-electron chi connectivity index (χ1n) is 5.91. The molecule has 0 bridgehead atoms. The van der Waals surface area contributed by atoms with Gasteiger partial charge in [0.15, 0.2) is 0 Å². The molecule has 1 N–H and O–H groups in total. The molecule has 0 rings (SSSR count). The van der Waals surface area contributed by atoms with E-state index in [0.717, 1.165) is 12.0 Å². The van der Waals surface area contributed by atoms with Crippen molar-refractivity contribution in [2.45, 2.75) is 65.3 Å². The van der Waals surface area contributed by atoms with Gasteiger partial charge in [-0.05, 0) is 32.2 Å². The Bertz CT molecular complexity index is 101. The van der Waals surface area contributed by atoms with Gasteiger partial charge in [-0.3, -0.25) is 0 Å². The third-order valence-corrected chi connectivity index (χ3v) is 2.83. The standard InChI is InChI=1S/C12H27N/c1-5-7-11(3)9-10-12(13-4)8-6-2/h11-13H,5-10H2,1-4H3. The third kappa shape index (κ3) is 7.06. The SMILES string of the molecule is CCCC(C)CCC(CCC)NC. The van der Waals surface area contributed by atoms with E-state index in [1.165, 1.54) is 38.5 Å². The molecule has 0 aliphatic carbocycles. The van der Waals surface area contributed by atoms with Gasteiger partial charge in [0.2, 0.25) is 0 Å². The Morgan fingerprint density at radius 2 is 1.54 bits per heavy atom. The average Bonchev–Trinajstić information content (AvgIpc) is 2.12. The number of hydrogen-bond donors (Lipinski definition) is 1. The Morgan fingerprint density at radius 3 is 2.00 bits per heavy atom. The van der Waals surface area contributed by atoms with Gasteiger partial charge in [0.25, 0.3) is 0 Å². The Kier molecular flexibility index (Phi) is 8.53. The molecule has 0 heterocycles. The highest BCUT2D eigenvalue weighted by Crippen LogP contribution is 2.15. The van der Waals surface area contributed by atoms with Crippen molar-refractivity contribution in [3.63, 3.8) is 0 Å². The summed E-state index contributed by atoms with van der Waals surface area (Å²) in [4.78, 5) is 0. The minimum atomic E-state index is 0.754. The zero-order chi connectivity index (χ0) is 10.1. The van der Waals surface area contributed by atoms with Crippen molar-refractivity contribution in [2.24, 2.45) is 5.92 Å². The highest BCUT2D eigenvalue weighted by atomic mass is 14.9. The van der Waals surface area contributed by atoms with E-state index in [1.54, 1.807) is 0 Å². The van der Waals surface area contributed by atoms with Gasteiger partial charge in [0.05, 0.1) is 0 Å². The lowest BCUT2D eigenvalue weighted by Crippen LogP contribution is -2.25. The topological polar surface area (TPSA) is 12.0 Å². The normalized spacial score (nSPS) is 15.7. The molecule has 2 atom stereocenters. The summed E-state index contributed by atoms with van der Waals surface area (Å²) in [6.45, 7) is 6.92. The van der Waals surface area contributed by atoms with Gasteiger partial charge in [-0.1, -0.05) is 40.0 Å². The highest BCUT2D eigenvalue weighted by Gasteiger charge is 2.07. The summed E-state index contributed by atoms with van der Waals surface area (Å²) >= 11 is 0. The Hall–Kier alpha value is -0.0400. The molecule has 0 spiro atoms. The quantitative estimate of drug-likeness (QED) is 0.609. The maximum atomic E-state index is 3.40. The fourth-order valence-corrected chi connectivity index (χ4v) is 1.90. The van der Waals surface area contributed by atoms with Crippen molar-refractivity contribution in [2.75, 3.05) is 7.05 Å². The van der Waals surface area contributed by atoms with Crippen molar-refractivity contribution in [3.05, 3.63) is 0 Å². The van der Waals surface area contributed by atoms with Crippen LogP contribution in [0.2, 0.25) is 0 Å². The minimum Gasteiger partial charge on any atom is -0.317 e. The number of rotatable bonds is 8. The summed E-state index contributed by atoms with van der Waals surface area (Å²) in [6.07, 6.45) is 8.09. The van der Waals surface area contributed by atoms with E-state index in [-0.39, 0.29) is 0 Å². The second-order valence-corrected chi connectivity index (χ2v) is 4.25. The van der Waals surface area contributed by atoms with E-state index >= 15 is 0 Å². The summed E-state index contributed by atoms with van der Waals surface area (Å²) in [6, 6.07) is 0.754. The van der Waals surface area contributed by atoms with E-state index in [1.807, 2.05) is 0 Å². The molecule has 0 saturated carbocycles. The number of nitrogens with one attached hydrogen (secondary N) is 1. The van der Waals surface area contributed by atoms with E-state index in [4.69, 9.17) is 0 Å². The Labute approximate surface area is 84.3 Å². The molecule has 80 valence electrons. The smallest absolute Gasteiger partial charge is 0.00640 e. The van der Waals surface area contributed by atoms with E-state index in [0.29, 0.717) is 0 Å². The van der Waals surface area contributed by atoms with Gasteiger partial charge in [0, 0.05) is 6.04 Å². The van der Waals surface area contributed by atoms with Crippen LogP contribution in [0.25, 0.3) is 0 Å². The van der Waals surface area contributed by atoms with Gasteiger partial charge < -0.3 is 5.32 Å². The molecular weight excluding hydrogens is 158 g/mol. The van der Waals surface area contributed by atoms with Crippen LogP contribution in [0.5, 0.6) is 0 Å². The van der Waals surface area contributed by atoms with Crippen LogP contribution in [0.15, 0.2) is 0 Å². The Morgan fingerprint density at radius 1 is 0.923 bits per heavy atom. The molecule has 0 aromatic heterocycles. The molecule has 0 amide bonds. The third-order valence-electron chi connectivity index (χ3n) is 2.83. The lowest BCUT2D eigenvalue weighted by molar-refractivity contribution is 0.399. The van der Waals surface area contributed by atoms with Gasteiger partial charge in [-0.2, -0.15) is 0 Å². The first-order chi connectivity index (χ1) is 6.24. The molecule has 1 nitrogen and oxygen atoms in total. The zero-order valence-corrected chi connectivity index (χ0v) is 9.90. The first kappa shape index (κ1) is 13.0. The van der Waals surface area contributed by atoms with E-state index in [2.05, 4.69) is 33.1 Å².